The van der Waals surface area contributed by atoms with E-state index in [-0.39, 0.29) is 0 Å². The first-order valence-electron chi connectivity index (χ1n) is 6.83. The molecule has 1 aromatic heterocycles. The average Bonchev–Trinajstić information content (AvgIpc) is 2.55. The fraction of sp³-hybridized carbons (Fsp3) is 0.786. The molecule has 1 N–H and O–H groups in total. The summed E-state index contributed by atoms with van der Waals surface area (Å²) in [6.45, 7) is 14.2. The standard InChI is InChI=1S/C14H27N3/c1-6-8-17-13(5)14(12(4)16-17)9-11(3)10-15-7-2/h11,15H,6-10H2,1-5H3. The molecule has 1 heterocycles. The molecule has 17 heavy (non-hydrogen) atoms. The topological polar surface area (TPSA) is 29.9 Å². The quantitative estimate of drug-likeness (QED) is 0.790. The van der Waals surface area contributed by atoms with Crippen LogP contribution >= 0.6 is 0 Å². The number of hydrogen-bond acceptors (Lipinski definition) is 2. The Hall–Kier alpha value is -0.830. The van der Waals surface area contributed by atoms with Gasteiger partial charge in [-0.15, -0.1) is 0 Å². The van der Waals surface area contributed by atoms with Gasteiger partial charge in [-0.2, -0.15) is 5.10 Å². The van der Waals surface area contributed by atoms with Crippen molar-refractivity contribution in [2.75, 3.05) is 13.1 Å². The van der Waals surface area contributed by atoms with Crippen LogP contribution in [0.15, 0.2) is 0 Å². The molecule has 0 amide bonds. The molecule has 1 rings (SSSR count). The molecule has 0 bridgehead atoms. The molecule has 0 aliphatic heterocycles. The normalized spacial score (nSPS) is 13.0. The summed E-state index contributed by atoms with van der Waals surface area (Å²) in [4.78, 5) is 0. The van der Waals surface area contributed by atoms with E-state index < -0.39 is 0 Å². The molecule has 0 radical (unpaired) electrons. The van der Waals surface area contributed by atoms with Gasteiger partial charge in [-0.1, -0.05) is 20.8 Å². The Morgan fingerprint density at radius 2 is 2.00 bits per heavy atom. The maximum absolute atomic E-state index is 4.63. The zero-order valence-corrected chi connectivity index (χ0v) is 12.0. The van der Waals surface area contributed by atoms with Gasteiger partial charge in [0, 0.05) is 12.2 Å². The Labute approximate surface area is 106 Å². The second kappa shape index (κ2) is 6.80. The predicted octanol–water partition coefficient (Wildman–Crippen LogP) is 2.70. The van der Waals surface area contributed by atoms with Gasteiger partial charge in [-0.05, 0) is 51.3 Å². The van der Waals surface area contributed by atoms with Crippen LogP contribution < -0.4 is 5.32 Å². The SMILES string of the molecule is CCCn1nc(C)c(CC(C)CNCC)c1C. The monoisotopic (exact) mass is 237 g/mol. The molecule has 0 saturated heterocycles. The van der Waals surface area contributed by atoms with Crippen LogP contribution in [0.4, 0.5) is 0 Å². The molecule has 0 saturated carbocycles. The van der Waals surface area contributed by atoms with Crippen molar-refractivity contribution in [2.24, 2.45) is 5.92 Å². The highest BCUT2D eigenvalue weighted by Gasteiger charge is 2.13. The third-order valence-corrected chi connectivity index (χ3v) is 3.26. The van der Waals surface area contributed by atoms with Crippen molar-refractivity contribution in [3.05, 3.63) is 17.0 Å². The minimum atomic E-state index is 0.673. The van der Waals surface area contributed by atoms with Crippen molar-refractivity contribution in [1.29, 1.82) is 0 Å². The summed E-state index contributed by atoms with van der Waals surface area (Å²) in [6, 6.07) is 0. The highest BCUT2D eigenvalue weighted by molar-refractivity contribution is 5.25. The number of aryl methyl sites for hydroxylation is 2. The molecule has 3 nitrogen and oxygen atoms in total. The largest absolute Gasteiger partial charge is 0.317 e. The van der Waals surface area contributed by atoms with Crippen LogP contribution in [0.25, 0.3) is 0 Å². The lowest BCUT2D eigenvalue weighted by Gasteiger charge is -2.12. The molecule has 0 aliphatic rings. The smallest absolute Gasteiger partial charge is 0.0628 e. The third-order valence-electron chi connectivity index (χ3n) is 3.26. The Balaban J connectivity index is 2.69. The zero-order chi connectivity index (χ0) is 12.8. The lowest BCUT2D eigenvalue weighted by Crippen LogP contribution is -2.22. The maximum atomic E-state index is 4.63. The van der Waals surface area contributed by atoms with E-state index in [9.17, 15) is 0 Å². The fourth-order valence-corrected chi connectivity index (χ4v) is 2.27. The van der Waals surface area contributed by atoms with Gasteiger partial charge >= 0.3 is 0 Å². The molecule has 0 aromatic carbocycles. The second-order valence-corrected chi connectivity index (χ2v) is 4.99. The van der Waals surface area contributed by atoms with E-state index in [2.05, 4.69) is 49.7 Å². The Morgan fingerprint density at radius 3 is 2.59 bits per heavy atom. The van der Waals surface area contributed by atoms with Gasteiger partial charge in [0.2, 0.25) is 0 Å². The van der Waals surface area contributed by atoms with Crippen LogP contribution in [0.1, 0.15) is 44.1 Å². The van der Waals surface area contributed by atoms with Gasteiger partial charge in [0.05, 0.1) is 5.69 Å². The molecular formula is C14H27N3. The molecule has 98 valence electrons. The number of aromatic nitrogens is 2. The van der Waals surface area contributed by atoms with E-state index in [0.29, 0.717) is 5.92 Å². The minimum Gasteiger partial charge on any atom is -0.317 e. The van der Waals surface area contributed by atoms with Crippen LogP contribution in [0, 0.1) is 19.8 Å². The molecular weight excluding hydrogens is 210 g/mol. The van der Waals surface area contributed by atoms with Gasteiger partial charge in [-0.3, -0.25) is 4.68 Å². The van der Waals surface area contributed by atoms with E-state index in [1.54, 1.807) is 0 Å². The maximum Gasteiger partial charge on any atom is 0.0628 e. The van der Waals surface area contributed by atoms with Gasteiger partial charge in [0.1, 0.15) is 0 Å². The first-order valence-corrected chi connectivity index (χ1v) is 6.83. The fourth-order valence-electron chi connectivity index (χ4n) is 2.27. The molecule has 0 fully saturated rings. The summed E-state index contributed by atoms with van der Waals surface area (Å²) < 4.78 is 2.16. The molecule has 1 unspecified atom stereocenters. The minimum absolute atomic E-state index is 0.673. The summed E-state index contributed by atoms with van der Waals surface area (Å²) in [5.74, 6) is 0.673. The lowest BCUT2D eigenvalue weighted by molar-refractivity contribution is 0.518. The van der Waals surface area contributed by atoms with E-state index in [1.165, 1.54) is 17.0 Å². The van der Waals surface area contributed by atoms with Crippen molar-refractivity contribution < 1.29 is 0 Å². The summed E-state index contributed by atoms with van der Waals surface area (Å²) in [7, 11) is 0. The van der Waals surface area contributed by atoms with Gasteiger partial charge in [0.15, 0.2) is 0 Å². The van der Waals surface area contributed by atoms with Crippen LogP contribution in [-0.2, 0) is 13.0 Å². The van der Waals surface area contributed by atoms with Crippen LogP contribution in [0.2, 0.25) is 0 Å². The Bertz CT molecular complexity index is 341. The third kappa shape index (κ3) is 3.84. The van der Waals surface area contributed by atoms with Gasteiger partial charge in [-0.25, -0.2) is 0 Å². The van der Waals surface area contributed by atoms with Crippen LogP contribution in [0.5, 0.6) is 0 Å². The first-order chi connectivity index (χ1) is 8.10. The number of nitrogens with zero attached hydrogens (tertiary/aromatic N) is 2. The van der Waals surface area contributed by atoms with Crippen molar-refractivity contribution in [2.45, 2.75) is 54.0 Å². The summed E-state index contributed by atoms with van der Waals surface area (Å²) >= 11 is 0. The summed E-state index contributed by atoms with van der Waals surface area (Å²) in [5.41, 5.74) is 4.01. The summed E-state index contributed by atoms with van der Waals surface area (Å²) in [5, 5.41) is 8.04. The highest BCUT2D eigenvalue weighted by Crippen LogP contribution is 2.17. The van der Waals surface area contributed by atoms with Crippen LogP contribution in [0.3, 0.4) is 0 Å². The lowest BCUT2D eigenvalue weighted by atomic mass is 9.99. The number of rotatable bonds is 7. The van der Waals surface area contributed by atoms with Gasteiger partial charge in [0.25, 0.3) is 0 Å². The number of nitrogens with one attached hydrogen (secondary N) is 1. The highest BCUT2D eigenvalue weighted by atomic mass is 15.3. The summed E-state index contributed by atoms with van der Waals surface area (Å²) in [6.07, 6.45) is 2.28. The predicted molar refractivity (Wildman–Crippen MR) is 73.4 cm³/mol. The number of hydrogen-bond donors (Lipinski definition) is 1. The van der Waals surface area contributed by atoms with Crippen molar-refractivity contribution in [3.8, 4) is 0 Å². The Morgan fingerprint density at radius 1 is 1.29 bits per heavy atom. The van der Waals surface area contributed by atoms with Crippen molar-refractivity contribution in [3.63, 3.8) is 0 Å². The zero-order valence-electron chi connectivity index (χ0n) is 12.0. The molecule has 0 aliphatic carbocycles. The van der Waals surface area contributed by atoms with E-state index in [4.69, 9.17) is 0 Å². The Kier molecular flexibility index (Phi) is 5.69. The molecule has 1 atom stereocenters. The van der Waals surface area contributed by atoms with Crippen molar-refractivity contribution in [1.82, 2.24) is 15.1 Å². The van der Waals surface area contributed by atoms with E-state index >= 15 is 0 Å². The average molecular weight is 237 g/mol. The van der Waals surface area contributed by atoms with E-state index in [1.807, 2.05) is 0 Å². The van der Waals surface area contributed by atoms with E-state index in [0.717, 1.165) is 32.5 Å². The van der Waals surface area contributed by atoms with Crippen LogP contribution in [-0.4, -0.2) is 22.9 Å². The second-order valence-electron chi connectivity index (χ2n) is 4.99. The molecule has 3 heteroatoms. The van der Waals surface area contributed by atoms with Crippen molar-refractivity contribution >= 4 is 0 Å². The molecule has 0 spiro atoms. The van der Waals surface area contributed by atoms with Gasteiger partial charge < -0.3 is 5.32 Å². The first kappa shape index (κ1) is 14.2. The molecule has 1 aromatic rings.